The number of para-hydroxylation sites is 3. The number of anilines is 3. The van der Waals surface area contributed by atoms with Gasteiger partial charge in [0.2, 0.25) is 0 Å². The number of rotatable bonds is 7. The van der Waals surface area contributed by atoms with E-state index in [-0.39, 0.29) is 0 Å². The Labute approximate surface area is 417 Å². The molecular weight excluding hydrogens is 875 g/mol. The summed E-state index contributed by atoms with van der Waals surface area (Å²) in [5.41, 5.74) is 21.4. The SMILES string of the molecule is CC1(c2cc(N(c3ccc(-c4cccc5c4oc4ccccc45)cc3)c3ccc4c(c3)C(c3ccccc3)(c3ccccc3)c3ccccc3-4)cc3c2oc2ccccc23)c2ccccc2-c2ccccc21. The highest BCUT2D eigenvalue weighted by atomic mass is 16.3. The maximum absolute atomic E-state index is 7.05. The number of hydrogen-bond acceptors (Lipinski definition) is 3. The van der Waals surface area contributed by atoms with Gasteiger partial charge in [-0.3, -0.25) is 0 Å². The highest BCUT2D eigenvalue weighted by Gasteiger charge is 2.47. The summed E-state index contributed by atoms with van der Waals surface area (Å²) < 4.78 is 13.6. The van der Waals surface area contributed by atoms with Crippen molar-refractivity contribution in [3.05, 3.63) is 294 Å². The zero-order chi connectivity index (χ0) is 47.5. The molecule has 0 N–H and O–H groups in total. The van der Waals surface area contributed by atoms with Crippen LogP contribution < -0.4 is 4.90 Å². The summed E-state index contributed by atoms with van der Waals surface area (Å²) in [6.07, 6.45) is 0. The van der Waals surface area contributed by atoms with E-state index in [2.05, 4.69) is 261 Å². The maximum Gasteiger partial charge on any atom is 0.143 e. The first-order valence-electron chi connectivity index (χ1n) is 24.9. The molecule has 0 atom stereocenters. The molecule has 0 amide bonds. The van der Waals surface area contributed by atoms with E-state index in [4.69, 9.17) is 8.83 Å². The molecule has 2 heterocycles. The smallest absolute Gasteiger partial charge is 0.143 e. The number of fused-ring (bicyclic) bond motifs is 12. The molecule has 2 aliphatic carbocycles. The van der Waals surface area contributed by atoms with Gasteiger partial charge in [0, 0.05) is 55.1 Å². The van der Waals surface area contributed by atoms with Crippen molar-refractivity contribution < 1.29 is 8.83 Å². The van der Waals surface area contributed by atoms with Gasteiger partial charge in [-0.1, -0.05) is 206 Å². The fraction of sp³-hybridized carbons (Fsp3) is 0.0435. The summed E-state index contributed by atoms with van der Waals surface area (Å²) in [4.78, 5) is 2.47. The van der Waals surface area contributed by atoms with E-state index in [0.717, 1.165) is 77.6 Å². The predicted octanol–water partition coefficient (Wildman–Crippen LogP) is 18.3. The summed E-state index contributed by atoms with van der Waals surface area (Å²) in [6.45, 7) is 2.39. The molecule has 3 nitrogen and oxygen atoms in total. The first-order chi connectivity index (χ1) is 35.6. The lowest BCUT2D eigenvalue weighted by Gasteiger charge is -2.35. The van der Waals surface area contributed by atoms with Gasteiger partial charge in [0.15, 0.2) is 0 Å². The van der Waals surface area contributed by atoms with Crippen LogP contribution in [-0.2, 0) is 10.8 Å². The summed E-state index contributed by atoms with van der Waals surface area (Å²) in [5.74, 6) is 0. The van der Waals surface area contributed by atoms with Crippen molar-refractivity contribution in [2.24, 2.45) is 0 Å². The van der Waals surface area contributed by atoms with Crippen LogP contribution in [0.4, 0.5) is 17.1 Å². The molecule has 2 aliphatic rings. The van der Waals surface area contributed by atoms with E-state index in [9.17, 15) is 0 Å². The predicted molar refractivity (Wildman–Crippen MR) is 296 cm³/mol. The molecule has 338 valence electrons. The van der Waals surface area contributed by atoms with Gasteiger partial charge >= 0.3 is 0 Å². The van der Waals surface area contributed by atoms with Crippen LogP contribution in [0.2, 0.25) is 0 Å². The molecule has 0 saturated heterocycles. The highest BCUT2D eigenvalue weighted by Crippen LogP contribution is 2.59. The molecule has 0 spiro atoms. The fourth-order valence-electron chi connectivity index (χ4n) is 12.8. The summed E-state index contributed by atoms with van der Waals surface area (Å²) in [6, 6.07) is 93.2. The quantitative estimate of drug-likeness (QED) is 0.160. The first kappa shape index (κ1) is 40.7. The van der Waals surface area contributed by atoms with Crippen molar-refractivity contribution in [3.63, 3.8) is 0 Å². The molecule has 3 heteroatoms. The highest BCUT2D eigenvalue weighted by molar-refractivity contribution is 6.11. The van der Waals surface area contributed by atoms with Gasteiger partial charge in [-0.2, -0.15) is 0 Å². The molecular formula is C69H45NO2. The van der Waals surface area contributed by atoms with Crippen molar-refractivity contribution in [1.29, 1.82) is 0 Å². The molecule has 0 saturated carbocycles. The largest absolute Gasteiger partial charge is 0.456 e. The van der Waals surface area contributed by atoms with Crippen molar-refractivity contribution in [3.8, 4) is 33.4 Å². The first-order valence-corrected chi connectivity index (χ1v) is 24.9. The molecule has 0 radical (unpaired) electrons. The Hall–Kier alpha value is -9.18. The van der Waals surface area contributed by atoms with Crippen LogP contribution in [0.15, 0.2) is 264 Å². The Kier molecular flexibility index (Phi) is 8.71. The van der Waals surface area contributed by atoms with Crippen LogP contribution in [0.25, 0.3) is 77.3 Å². The minimum atomic E-state index is -0.578. The van der Waals surface area contributed by atoms with Gasteiger partial charge in [-0.25, -0.2) is 0 Å². The Morgan fingerprint density at radius 3 is 1.43 bits per heavy atom. The van der Waals surface area contributed by atoms with Gasteiger partial charge in [0.25, 0.3) is 0 Å². The summed E-state index contributed by atoms with van der Waals surface area (Å²) in [7, 11) is 0. The standard InChI is InChI=1S/C69H45NO2/c1-68(59-30-13-8-23-51(59)52-24-9-14-31-60(52)68)63-43-49(41-58-56-27-12-17-34-65(56)72-67(58)63)70(47-37-35-44(36-38-47)50-28-18-29-57-55-26-11-16-33-64(55)71-66(50)57)48-39-40-54-53-25-10-15-32-61(53)69(62(54)42-48,45-19-4-2-5-20-45)46-21-6-3-7-22-46/h2-43H,1H3. The van der Waals surface area contributed by atoms with Crippen LogP contribution in [0.1, 0.15) is 45.9 Å². The van der Waals surface area contributed by atoms with Crippen LogP contribution in [0.3, 0.4) is 0 Å². The fourth-order valence-corrected chi connectivity index (χ4v) is 12.8. The van der Waals surface area contributed by atoms with Gasteiger partial charge in [0.1, 0.15) is 22.3 Å². The van der Waals surface area contributed by atoms with Crippen LogP contribution in [0.5, 0.6) is 0 Å². The van der Waals surface area contributed by atoms with Crippen molar-refractivity contribution in [2.45, 2.75) is 17.8 Å². The minimum absolute atomic E-state index is 0.536. The zero-order valence-corrected chi connectivity index (χ0v) is 39.5. The zero-order valence-electron chi connectivity index (χ0n) is 39.5. The monoisotopic (exact) mass is 919 g/mol. The molecule has 72 heavy (non-hydrogen) atoms. The Bertz CT molecular complexity index is 4210. The third-order valence-electron chi connectivity index (χ3n) is 16.0. The second kappa shape index (κ2) is 15.4. The molecule has 0 fully saturated rings. The van der Waals surface area contributed by atoms with Crippen molar-refractivity contribution in [2.75, 3.05) is 4.90 Å². The lowest BCUT2D eigenvalue weighted by molar-refractivity contribution is 0.638. The van der Waals surface area contributed by atoms with Crippen molar-refractivity contribution >= 4 is 60.9 Å². The topological polar surface area (TPSA) is 29.5 Å². The van der Waals surface area contributed by atoms with E-state index < -0.39 is 10.8 Å². The average molecular weight is 920 g/mol. The summed E-state index contributed by atoms with van der Waals surface area (Å²) >= 11 is 0. The number of benzene rings is 11. The Morgan fingerprint density at radius 1 is 0.306 bits per heavy atom. The van der Waals surface area contributed by atoms with E-state index in [1.807, 2.05) is 6.07 Å². The minimum Gasteiger partial charge on any atom is -0.456 e. The normalized spacial score (nSPS) is 13.8. The number of furan rings is 2. The molecule has 0 unspecified atom stereocenters. The Balaban J connectivity index is 1.01. The summed E-state index contributed by atoms with van der Waals surface area (Å²) in [5, 5.41) is 4.41. The van der Waals surface area contributed by atoms with Crippen molar-refractivity contribution in [1.82, 2.24) is 0 Å². The van der Waals surface area contributed by atoms with E-state index in [0.29, 0.717) is 0 Å². The van der Waals surface area contributed by atoms with Gasteiger partial charge in [-0.15, -0.1) is 0 Å². The van der Waals surface area contributed by atoms with Gasteiger partial charge in [0.05, 0.1) is 5.41 Å². The molecule has 13 aromatic rings. The van der Waals surface area contributed by atoms with Crippen LogP contribution >= 0.6 is 0 Å². The van der Waals surface area contributed by atoms with E-state index >= 15 is 0 Å². The molecule has 2 aromatic heterocycles. The van der Waals surface area contributed by atoms with E-state index in [1.165, 1.54) is 55.6 Å². The van der Waals surface area contributed by atoms with Crippen LogP contribution in [-0.4, -0.2) is 0 Å². The number of nitrogens with zero attached hydrogens (tertiary/aromatic N) is 1. The lowest BCUT2D eigenvalue weighted by Crippen LogP contribution is -2.28. The second-order valence-electron chi connectivity index (χ2n) is 19.6. The molecule has 11 aromatic carbocycles. The maximum atomic E-state index is 7.05. The molecule has 0 bridgehead atoms. The van der Waals surface area contributed by atoms with E-state index in [1.54, 1.807) is 0 Å². The third kappa shape index (κ3) is 5.62. The number of hydrogen-bond donors (Lipinski definition) is 0. The second-order valence-corrected chi connectivity index (χ2v) is 19.6. The van der Waals surface area contributed by atoms with Gasteiger partial charge < -0.3 is 13.7 Å². The Morgan fingerprint density at radius 2 is 0.778 bits per heavy atom. The van der Waals surface area contributed by atoms with Crippen LogP contribution in [0, 0.1) is 0 Å². The third-order valence-corrected chi connectivity index (χ3v) is 16.0. The molecule has 15 rings (SSSR count). The molecule has 0 aliphatic heterocycles. The van der Waals surface area contributed by atoms with Gasteiger partial charge in [-0.05, 0) is 117 Å². The lowest BCUT2D eigenvalue weighted by atomic mass is 9.67. The average Bonchev–Trinajstić information content (AvgIpc) is 4.18.